The molecular weight excluding hydrogens is 362 g/mol. The molecule has 2 aliphatic rings. The van der Waals surface area contributed by atoms with Crippen LogP contribution in [-0.4, -0.2) is 41.2 Å². The van der Waals surface area contributed by atoms with E-state index in [2.05, 4.69) is 5.32 Å². The number of likely N-dealkylation sites (tertiary alicyclic amines) is 1. The number of nitrogens with one attached hydrogen (secondary N) is 1. The number of anilines is 1. The van der Waals surface area contributed by atoms with Crippen molar-refractivity contribution >= 4 is 29.4 Å². The number of nitrogens with zero attached hydrogens (tertiary/aromatic N) is 2. The van der Waals surface area contributed by atoms with Crippen molar-refractivity contribution in [1.82, 2.24) is 4.90 Å². The topological polar surface area (TPSA) is 117 Å². The fraction of sp³-hybridized carbons (Fsp3) is 0.450. The van der Waals surface area contributed by atoms with Crippen molar-refractivity contribution in [3.63, 3.8) is 0 Å². The summed E-state index contributed by atoms with van der Waals surface area (Å²) in [5, 5.41) is 11.6. The highest BCUT2D eigenvalue weighted by atomic mass is 16.5. The summed E-state index contributed by atoms with van der Waals surface area (Å²) < 4.78 is 5.09. The van der Waals surface area contributed by atoms with E-state index in [-0.39, 0.29) is 29.2 Å². The third-order valence-electron chi connectivity index (χ3n) is 5.20. The average molecular weight is 383 g/mol. The van der Waals surface area contributed by atoms with Crippen LogP contribution in [0.4, 0.5) is 5.69 Å². The molecule has 0 unspecified atom stereocenters. The summed E-state index contributed by atoms with van der Waals surface area (Å²) in [6.45, 7) is 0.896. The zero-order chi connectivity index (χ0) is 20.3. The first-order valence-corrected chi connectivity index (χ1v) is 9.27. The van der Waals surface area contributed by atoms with Gasteiger partial charge in [-0.1, -0.05) is 25.0 Å². The number of amides is 3. The fourth-order valence-corrected chi connectivity index (χ4v) is 3.73. The lowest BCUT2D eigenvalue weighted by Crippen LogP contribution is -2.39. The van der Waals surface area contributed by atoms with Crippen LogP contribution in [0.3, 0.4) is 0 Å². The summed E-state index contributed by atoms with van der Waals surface area (Å²) in [5.74, 6) is -2.76. The van der Waals surface area contributed by atoms with E-state index >= 15 is 0 Å². The van der Waals surface area contributed by atoms with Gasteiger partial charge in [0, 0.05) is 0 Å². The number of carbonyl (C=O) groups is 4. The van der Waals surface area contributed by atoms with Crippen LogP contribution in [0.15, 0.2) is 24.3 Å². The van der Waals surface area contributed by atoms with Gasteiger partial charge in [0.2, 0.25) is 11.8 Å². The number of imide groups is 1. The predicted octanol–water partition coefficient (Wildman–Crippen LogP) is 1.60. The van der Waals surface area contributed by atoms with Crippen molar-refractivity contribution in [2.24, 2.45) is 11.8 Å². The number of nitriles is 1. The lowest BCUT2D eigenvalue weighted by atomic mass is 9.81. The largest absolute Gasteiger partial charge is 0.451 e. The molecule has 3 rings (SSSR count). The standard InChI is InChI=1S/C20H21N3O5/c1-12(18(25)22-16-9-5-2-6-13(16)10-21)28-17(24)11-23-19(26)14-7-3-4-8-15(14)20(23)27/h2,5-6,9,12,14-15H,3-4,7-8,11H2,1H3,(H,22,25)/t12-,14-,15+/m0/s1. The summed E-state index contributed by atoms with van der Waals surface area (Å²) in [7, 11) is 0. The Kier molecular flexibility index (Phi) is 5.73. The Morgan fingerprint density at radius 2 is 1.82 bits per heavy atom. The smallest absolute Gasteiger partial charge is 0.326 e. The molecule has 1 aliphatic heterocycles. The van der Waals surface area contributed by atoms with E-state index in [1.165, 1.54) is 6.92 Å². The fourth-order valence-electron chi connectivity index (χ4n) is 3.73. The molecule has 1 N–H and O–H groups in total. The van der Waals surface area contributed by atoms with Crippen LogP contribution >= 0.6 is 0 Å². The van der Waals surface area contributed by atoms with E-state index in [4.69, 9.17) is 10.00 Å². The second kappa shape index (κ2) is 8.21. The van der Waals surface area contributed by atoms with Crippen LogP contribution in [0, 0.1) is 23.2 Å². The quantitative estimate of drug-likeness (QED) is 0.610. The molecule has 8 heteroatoms. The summed E-state index contributed by atoms with van der Waals surface area (Å²) in [6, 6.07) is 8.40. The van der Waals surface area contributed by atoms with Gasteiger partial charge in [-0.15, -0.1) is 0 Å². The van der Waals surface area contributed by atoms with Crippen LogP contribution in [0.5, 0.6) is 0 Å². The van der Waals surface area contributed by atoms with Crippen molar-refractivity contribution in [2.45, 2.75) is 38.7 Å². The molecule has 0 aromatic heterocycles. The molecule has 1 heterocycles. The second-order valence-electron chi connectivity index (χ2n) is 7.04. The number of ether oxygens (including phenoxy) is 1. The molecule has 0 radical (unpaired) electrons. The molecule has 8 nitrogen and oxygen atoms in total. The number of fused-ring (bicyclic) bond motifs is 1. The summed E-state index contributed by atoms with van der Waals surface area (Å²) in [4.78, 5) is 50.2. The zero-order valence-corrected chi connectivity index (χ0v) is 15.5. The lowest BCUT2D eigenvalue weighted by molar-refractivity contribution is -0.158. The van der Waals surface area contributed by atoms with Gasteiger partial charge in [0.15, 0.2) is 6.10 Å². The van der Waals surface area contributed by atoms with Crippen molar-refractivity contribution < 1.29 is 23.9 Å². The monoisotopic (exact) mass is 383 g/mol. The van der Waals surface area contributed by atoms with Gasteiger partial charge in [-0.2, -0.15) is 5.26 Å². The Morgan fingerprint density at radius 3 is 2.43 bits per heavy atom. The van der Waals surface area contributed by atoms with E-state index < -0.39 is 24.5 Å². The number of rotatable bonds is 5. The Bertz CT molecular complexity index is 836. The summed E-state index contributed by atoms with van der Waals surface area (Å²) >= 11 is 0. The maximum Gasteiger partial charge on any atom is 0.326 e. The first-order valence-electron chi connectivity index (χ1n) is 9.27. The van der Waals surface area contributed by atoms with Crippen molar-refractivity contribution in [2.75, 3.05) is 11.9 Å². The van der Waals surface area contributed by atoms with Gasteiger partial charge in [0.05, 0.1) is 23.1 Å². The molecule has 0 spiro atoms. The first kappa shape index (κ1) is 19.5. The third kappa shape index (κ3) is 3.88. The number of carbonyl (C=O) groups excluding carboxylic acids is 4. The molecule has 1 saturated heterocycles. The highest BCUT2D eigenvalue weighted by molar-refractivity contribution is 6.07. The van der Waals surface area contributed by atoms with Gasteiger partial charge in [0.1, 0.15) is 12.6 Å². The molecule has 146 valence electrons. The molecule has 0 bridgehead atoms. The van der Waals surface area contributed by atoms with Crippen molar-refractivity contribution in [1.29, 1.82) is 5.26 Å². The maximum atomic E-state index is 12.4. The van der Waals surface area contributed by atoms with Crippen LogP contribution in [0.25, 0.3) is 0 Å². The third-order valence-corrected chi connectivity index (χ3v) is 5.20. The molecule has 1 aromatic rings. The van der Waals surface area contributed by atoms with Gasteiger partial charge < -0.3 is 10.1 Å². The minimum atomic E-state index is -1.14. The van der Waals surface area contributed by atoms with Gasteiger partial charge in [0.25, 0.3) is 5.91 Å². The van der Waals surface area contributed by atoms with E-state index in [0.29, 0.717) is 18.5 Å². The van der Waals surface area contributed by atoms with E-state index in [1.807, 2.05) is 6.07 Å². The van der Waals surface area contributed by atoms with Gasteiger partial charge in [-0.3, -0.25) is 24.1 Å². The Morgan fingerprint density at radius 1 is 1.21 bits per heavy atom. The van der Waals surface area contributed by atoms with Crippen molar-refractivity contribution in [3.05, 3.63) is 29.8 Å². The Labute approximate surface area is 162 Å². The number of esters is 1. The second-order valence-corrected chi connectivity index (χ2v) is 7.04. The Balaban J connectivity index is 1.57. The molecule has 1 saturated carbocycles. The van der Waals surface area contributed by atoms with Crippen molar-refractivity contribution in [3.8, 4) is 6.07 Å². The van der Waals surface area contributed by atoms with E-state index in [0.717, 1.165) is 17.7 Å². The van der Waals surface area contributed by atoms with E-state index in [1.54, 1.807) is 24.3 Å². The first-order chi connectivity index (χ1) is 13.4. The highest BCUT2D eigenvalue weighted by Gasteiger charge is 2.48. The molecular formula is C20H21N3O5. The molecule has 3 atom stereocenters. The molecule has 28 heavy (non-hydrogen) atoms. The number of hydrogen-bond acceptors (Lipinski definition) is 6. The Hall–Kier alpha value is -3.21. The minimum absolute atomic E-state index is 0.283. The number of hydrogen-bond donors (Lipinski definition) is 1. The lowest BCUT2D eigenvalue weighted by Gasteiger charge is -2.19. The SMILES string of the molecule is C[C@H](OC(=O)CN1C(=O)[C@H]2CCCC[C@H]2C1=O)C(=O)Nc1ccccc1C#N. The zero-order valence-electron chi connectivity index (χ0n) is 15.5. The average Bonchev–Trinajstić information content (AvgIpc) is 2.93. The summed E-state index contributed by atoms with van der Waals surface area (Å²) in [5.41, 5.74) is 0.595. The summed E-state index contributed by atoms with van der Waals surface area (Å²) in [6.07, 6.45) is 1.99. The predicted molar refractivity (Wildman–Crippen MR) is 97.5 cm³/mol. The van der Waals surface area contributed by atoms with Gasteiger partial charge in [-0.05, 0) is 31.9 Å². The number of benzene rings is 1. The van der Waals surface area contributed by atoms with E-state index in [9.17, 15) is 19.2 Å². The van der Waals surface area contributed by atoms with Crippen LogP contribution < -0.4 is 5.32 Å². The van der Waals surface area contributed by atoms with Crippen LogP contribution in [0.2, 0.25) is 0 Å². The van der Waals surface area contributed by atoms with Crippen LogP contribution in [0.1, 0.15) is 38.2 Å². The number of para-hydroxylation sites is 1. The minimum Gasteiger partial charge on any atom is -0.451 e. The van der Waals surface area contributed by atoms with Crippen LogP contribution in [-0.2, 0) is 23.9 Å². The molecule has 3 amide bonds. The molecule has 1 aromatic carbocycles. The van der Waals surface area contributed by atoms with Gasteiger partial charge >= 0.3 is 5.97 Å². The highest BCUT2D eigenvalue weighted by Crippen LogP contribution is 2.37. The van der Waals surface area contributed by atoms with Gasteiger partial charge in [-0.25, -0.2) is 0 Å². The molecule has 1 aliphatic carbocycles. The normalized spacial score (nSPS) is 22.2. The maximum absolute atomic E-state index is 12.4. The molecule has 2 fully saturated rings.